The van der Waals surface area contributed by atoms with Gasteiger partial charge in [0.15, 0.2) is 11.5 Å². The Morgan fingerprint density at radius 3 is 2.23 bits per heavy atom. The second-order valence-corrected chi connectivity index (χ2v) is 8.07. The molecule has 162 valence electrons. The van der Waals surface area contributed by atoms with Crippen LogP contribution < -0.4 is 23.8 Å². The van der Waals surface area contributed by atoms with E-state index in [0.717, 1.165) is 24.3 Å². The maximum Gasteiger partial charge on any atom is 0.414 e. The van der Waals surface area contributed by atoms with Gasteiger partial charge in [-0.3, -0.25) is 4.90 Å². The van der Waals surface area contributed by atoms with Crippen molar-refractivity contribution in [2.75, 3.05) is 39.3 Å². The Hall–Kier alpha value is -3.05. The van der Waals surface area contributed by atoms with Gasteiger partial charge in [0, 0.05) is 18.7 Å². The van der Waals surface area contributed by atoms with Gasteiger partial charge >= 0.3 is 6.09 Å². The third-order valence-corrected chi connectivity index (χ3v) is 5.90. The number of anilines is 1. The highest BCUT2D eigenvalue weighted by molar-refractivity contribution is 7.89. The number of nitrogens with one attached hydrogen (secondary N) is 1. The maximum atomic E-state index is 13.0. The van der Waals surface area contributed by atoms with Crippen LogP contribution in [0.4, 0.5) is 14.9 Å². The zero-order valence-corrected chi connectivity index (χ0v) is 17.4. The Balaban J connectivity index is 1.73. The lowest BCUT2D eigenvalue weighted by molar-refractivity contribution is 0.143. The topological polar surface area (TPSA) is 103 Å². The van der Waals surface area contributed by atoms with Crippen LogP contribution in [0.25, 0.3) is 0 Å². The van der Waals surface area contributed by atoms with Gasteiger partial charge in [-0.25, -0.2) is 22.3 Å². The molecule has 30 heavy (non-hydrogen) atoms. The van der Waals surface area contributed by atoms with Gasteiger partial charge in [-0.2, -0.15) is 0 Å². The first-order chi connectivity index (χ1) is 14.3. The van der Waals surface area contributed by atoms with Crippen LogP contribution in [0.1, 0.15) is 0 Å². The van der Waals surface area contributed by atoms with Crippen molar-refractivity contribution in [2.24, 2.45) is 0 Å². The molecule has 0 spiro atoms. The number of amides is 1. The van der Waals surface area contributed by atoms with E-state index in [1.807, 2.05) is 0 Å². The van der Waals surface area contributed by atoms with Crippen LogP contribution in [0.3, 0.4) is 0 Å². The van der Waals surface area contributed by atoms with E-state index in [1.54, 1.807) is 12.1 Å². The molecule has 1 amide bonds. The van der Waals surface area contributed by atoms with Gasteiger partial charge in [0.1, 0.15) is 11.9 Å². The van der Waals surface area contributed by atoms with Gasteiger partial charge < -0.3 is 18.9 Å². The number of rotatable bonds is 8. The maximum absolute atomic E-state index is 13.0. The number of cyclic esters (lactones) is 1. The molecule has 0 saturated carbocycles. The molecule has 3 rings (SSSR count). The van der Waals surface area contributed by atoms with Crippen molar-refractivity contribution in [3.05, 3.63) is 42.2 Å². The average Bonchev–Trinajstić information content (AvgIpc) is 3.12. The molecule has 11 heteroatoms. The first kappa shape index (κ1) is 21.7. The molecule has 2 aromatic rings. The van der Waals surface area contributed by atoms with Crippen molar-refractivity contribution < 1.29 is 36.6 Å². The molecule has 1 saturated heterocycles. The fraction of sp³-hybridized carbons (Fsp3) is 0.316. The number of sulfonamides is 1. The molecule has 1 heterocycles. The predicted octanol–water partition coefficient (Wildman–Crippen LogP) is 2.16. The molecular weight excluding hydrogens is 419 g/mol. The normalized spacial score (nSPS) is 16.3. The van der Waals surface area contributed by atoms with Gasteiger partial charge in [-0.05, 0) is 24.3 Å². The van der Waals surface area contributed by atoms with E-state index in [9.17, 15) is 17.6 Å². The van der Waals surface area contributed by atoms with Crippen LogP contribution in [0.2, 0.25) is 0 Å². The van der Waals surface area contributed by atoms with E-state index >= 15 is 0 Å². The first-order valence-electron chi connectivity index (χ1n) is 8.82. The summed E-state index contributed by atoms with van der Waals surface area (Å²) in [7, 11) is 0.498. The number of hydrogen-bond donors (Lipinski definition) is 1. The summed E-state index contributed by atoms with van der Waals surface area (Å²) in [6.45, 7) is -0.0459. The predicted molar refractivity (Wildman–Crippen MR) is 105 cm³/mol. The van der Waals surface area contributed by atoms with Crippen LogP contribution in [-0.2, 0) is 14.8 Å². The molecule has 1 aliphatic rings. The largest absolute Gasteiger partial charge is 0.493 e. The number of carbonyl (C=O) groups is 1. The minimum absolute atomic E-state index is 0.0882. The summed E-state index contributed by atoms with van der Waals surface area (Å²) in [5, 5.41) is 0. The molecule has 1 N–H and O–H groups in total. The van der Waals surface area contributed by atoms with Gasteiger partial charge in [0.05, 0.1) is 38.5 Å². The molecule has 1 fully saturated rings. The van der Waals surface area contributed by atoms with Crippen molar-refractivity contribution in [3.8, 4) is 17.2 Å². The minimum Gasteiger partial charge on any atom is -0.493 e. The Bertz CT molecular complexity index is 1000. The molecule has 0 aromatic heterocycles. The Kier molecular flexibility index (Phi) is 6.32. The molecule has 0 radical (unpaired) electrons. The summed E-state index contributed by atoms with van der Waals surface area (Å²) >= 11 is 0. The number of benzene rings is 2. The molecule has 2 aromatic carbocycles. The van der Waals surface area contributed by atoms with E-state index in [1.165, 1.54) is 26.2 Å². The van der Waals surface area contributed by atoms with Gasteiger partial charge in [-0.15, -0.1) is 0 Å². The quantitative estimate of drug-likeness (QED) is 0.671. The zero-order valence-electron chi connectivity index (χ0n) is 16.5. The minimum atomic E-state index is -3.88. The summed E-state index contributed by atoms with van der Waals surface area (Å²) in [6.07, 6.45) is -1.37. The smallest absolute Gasteiger partial charge is 0.414 e. The van der Waals surface area contributed by atoms with Crippen LogP contribution in [0, 0.1) is 5.82 Å². The summed E-state index contributed by atoms with van der Waals surface area (Å²) in [6, 6.07) is 7.59. The Labute approximate surface area is 173 Å². The second-order valence-electron chi connectivity index (χ2n) is 6.31. The summed E-state index contributed by atoms with van der Waals surface area (Å²) in [4.78, 5) is 13.6. The van der Waals surface area contributed by atoms with E-state index in [4.69, 9.17) is 18.9 Å². The van der Waals surface area contributed by atoms with Crippen molar-refractivity contribution in [3.63, 3.8) is 0 Å². The van der Waals surface area contributed by atoms with Crippen LogP contribution in [0.5, 0.6) is 17.2 Å². The van der Waals surface area contributed by atoms with Crippen molar-refractivity contribution in [1.82, 2.24) is 4.72 Å². The number of halogens is 1. The van der Waals surface area contributed by atoms with Gasteiger partial charge in [-0.1, -0.05) is 0 Å². The van der Waals surface area contributed by atoms with Crippen molar-refractivity contribution >= 4 is 21.8 Å². The fourth-order valence-corrected chi connectivity index (χ4v) is 4.03. The molecule has 9 nitrogen and oxygen atoms in total. The molecule has 0 aliphatic carbocycles. The van der Waals surface area contributed by atoms with Gasteiger partial charge in [0.25, 0.3) is 0 Å². The van der Waals surface area contributed by atoms with Crippen LogP contribution in [-0.4, -0.2) is 55.0 Å². The van der Waals surface area contributed by atoms with Crippen molar-refractivity contribution in [2.45, 2.75) is 11.0 Å². The fourth-order valence-electron chi connectivity index (χ4n) is 2.96. The van der Waals surface area contributed by atoms with E-state index in [2.05, 4.69) is 4.72 Å². The van der Waals surface area contributed by atoms with E-state index in [0.29, 0.717) is 22.9 Å². The number of hydrogen-bond acceptors (Lipinski definition) is 7. The van der Waals surface area contributed by atoms with Crippen LogP contribution in [0.15, 0.2) is 41.3 Å². The molecule has 1 unspecified atom stereocenters. The zero-order chi connectivity index (χ0) is 21.9. The third kappa shape index (κ3) is 4.41. The first-order valence-corrected chi connectivity index (χ1v) is 10.3. The lowest BCUT2D eigenvalue weighted by atomic mass is 10.2. The monoisotopic (exact) mass is 440 g/mol. The molecule has 0 bridgehead atoms. The Morgan fingerprint density at radius 2 is 1.70 bits per heavy atom. The van der Waals surface area contributed by atoms with Gasteiger partial charge in [0.2, 0.25) is 15.8 Å². The third-order valence-electron chi connectivity index (χ3n) is 4.46. The van der Waals surface area contributed by atoms with E-state index in [-0.39, 0.29) is 18.0 Å². The molecule has 1 atom stereocenters. The van der Waals surface area contributed by atoms with Crippen molar-refractivity contribution in [1.29, 1.82) is 0 Å². The summed E-state index contributed by atoms with van der Waals surface area (Å²) in [5.41, 5.74) is 0.443. The lowest BCUT2D eigenvalue weighted by Gasteiger charge is -2.18. The van der Waals surface area contributed by atoms with E-state index < -0.39 is 28.0 Å². The van der Waals surface area contributed by atoms with Crippen LogP contribution >= 0.6 is 0 Å². The highest BCUT2D eigenvalue weighted by Gasteiger charge is 2.34. The second kappa shape index (κ2) is 8.76. The molecular formula is C19H21FN2O7S. The number of methoxy groups -OCH3 is 3. The lowest BCUT2D eigenvalue weighted by Crippen LogP contribution is -2.34. The average molecular weight is 440 g/mol. The number of ether oxygens (including phenoxy) is 4. The standard InChI is InChI=1S/C19H21FN2O7S/c1-26-16-8-13(9-17(27-2)18(16)28-3)22-11-14(29-19(22)23)10-21-30(24,25)15-6-4-12(20)5-7-15/h4-9,14,21H,10-11H2,1-3H3. The highest BCUT2D eigenvalue weighted by Crippen LogP contribution is 2.41. The molecule has 1 aliphatic heterocycles. The Morgan fingerprint density at radius 1 is 1.10 bits per heavy atom. The summed E-state index contributed by atoms with van der Waals surface area (Å²) < 4.78 is 61.2. The SMILES string of the molecule is COc1cc(N2CC(CNS(=O)(=O)c3ccc(F)cc3)OC2=O)cc(OC)c1OC. The summed E-state index contributed by atoms with van der Waals surface area (Å²) in [5.74, 6) is 0.555. The highest BCUT2D eigenvalue weighted by atomic mass is 32.2. The number of carbonyl (C=O) groups excluding carboxylic acids is 1. The number of nitrogens with zero attached hydrogens (tertiary/aromatic N) is 1.